The van der Waals surface area contributed by atoms with Crippen molar-refractivity contribution in [3.63, 3.8) is 0 Å². The van der Waals surface area contributed by atoms with Gasteiger partial charge in [0.05, 0.1) is 22.5 Å². The fourth-order valence-corrected chi connectivity index (χ4v) is 4.90. The number of aryl methyl sites for hydroxylation is 1. The van der Waals surface area contributed by atoms with Crippen LogP contribution in [-0.2, 0) is 32.3 Å². The molecular formula is C26H33ClF3N3O4S. The monoisotopic (exact) mass is 575 g/mol. The normalized spacial score (nSPS) is 13.5. The van der Waals surface area contributed by atoms with Gasteiger partial charge in [0, 0.05) is 12.6 Å². The zero-order chi connectivity index (χ0) is 28.8. The molecule has 7 nitrogen and oxygen atoms in total. The molecule has 0 radical (unpaired) electrons. The number of halogens is 4. The second-order valence-electron chi connectivity index (χ2n) is 9.12. The van der Waals surface area contributed by atoms with E-state index in [2.05, 4.69) is 5.32 Å². The number of anilines is 1. The highest BCUT2D eigenvalue weighted by molar-refractivity contribution is 7.92. The predicted molar refractivity (Wildman–Crippen MR) is 142 cm³/mol. The van der Waals surface area contributed by atoms with E-state index in [9.17, 15) is 31.2 Å². The van der Waals surface area contributed by atoms with E-state index in [-0.39, 0.29) is 24.7 Å². The topological polar surface area (TPSA) is 86.8 Å². The molecule has 0 aliphatic carbocycles. The van der Waals surface area contributed by atoms with Gasteiger partial charge in [-0.25, -0.2) is 8.42 Å². The largest absolute Gasteiger partial charge is 0.417 e. The lowest BCUT2D eigenvalue weighted by Crippen LogP contribution is -2.53. The first kappa shape index (κ1) is 31.4. The van der Waals surface area contributed by atoms with Crippen LogP contribution in [0, 0.1) is 6.92 Å². The van der Waals surface area contributed by atoms with Crippen LogP contribution in [0.2, 0.25) is 5.02 Å². The predicted octanol–water partition coefficient (Wildman–Crippen LogP) is 5.16. The minimum atomic E-state index is -4.83. The van der Waals surface area contributed by atoms with Gasteiger partial charge < -0.3 is 10.2 Å². The number of nitrogens with zero attached hydrogens (tertiary/aromatic N) is 2. The van der Waals surface area contributed by atoms with E-state index in [1.807, 2.05) is 32.9 Å². The Morgan fingerprint density at radius 2 is 1.71 bits per heavy atom. The molecule has 2 aromatic carbocycles. The minimum Gasteiger partial charge on any atom is -0.352 e. The molecule has 2 rings (SSSR count). The van der Waals surface area contributed by atoms with Crippen molar-refractivity contribution in [1.82, 2.24) is 10.2 Å². The van der Waals surface area contributed by atoms with Crippen LogP contribution in [-0.4, -0.2) is 50.0 Å². The molecule has 0 fully saturated rings. The Hall–Kier alpha value is -2.79. The van der Waals surface area contributed by atoms with Crippen molar-refractivity contribution >= 4 is 39.1 Å². The summed E-state index contributed by atoms with van der Waals surface area (Å²) < 4.78 is 66.3. The Morgan fingerprint density at radius 3 is 2.24 bits per heavy atom. The van der Waals surface area contributed by atoms with Crippen molar-refractivity contribution in [2.45, 2.75) is 65.3 Å². The average Bonchev–Trinajstić information content (AvgIpc) is 2.82. The van der Waals surface area contributed by atoms with Gasteiger partial charge in [-0.2, -0.15) is 13.2 Å². The van der Waals surface area contributed by atoms with Gasteiger partial charge in [0.1, 0.15) is 12.6 Å². The molecule has 0 heterocycles. The van der Waals surface area contributed by atoms with E-state index in [4.69, 9.17) is 11.6 Å². The van der Waals surface area contributed by atoms with Gasteiger partial charge in [-0.15, -0.1) is 0 Å². The first-order valence-corrected chi connectivity index (χ1v) is 14.3. The van der Waals surface area contributed by atoms with Crippen LogP contribution in [0.25, 0.3) is 0 Å². The summed E-state index contributed by atoms with van der Waals surface area (Å²) in [5.74, 6) is -1.14. The molecule has 0 saturated carbocycles. The average molecular weight is 576 g/mol. The molecule has 0 aromatic heterocycles. The fourth-order valence-electron chi connectivity index (χ4n) is 3.83. The highest BCUT2D eigenvalue weighted by Crippen LogP contribution is 2.37. The zero-order valence-corrected chi connectivity index (χ0v) is 23.5. The molecule has 2 amide bonds. The molecule has 2 atom stereocenters. The third kappa shape index (κ3) is 8.10. The summed E-state index contributed by atoms with van der Waals surface area (Å²) in [6, 6.07) is 8.76. The second kappa shape index (κ2) is 12.8. The van der Waals surface area contributed by atoms with E-state index >= 15 is 0 Å². The van der Waals surface area contributed by atoms with E-state index in [0.29, 0.717) is 16.8 Å². The van der Waals surface area contributed by atoms with Gasteiger partial charge in [0.25, 0.3) is 0 Å². The van der Waals surface area contributed by atoms with Crippen LogP contribution in [0.5, 0.6) is 0 Å². The molecule has 0 aliphatic rings. The number of alkyl halides is 3. The minimum absolute atomic E-state index is 0.00393. The summed E-state index contributed by atoms with van der Waals surface area (Å²) in [5, 5.41) is 2.26. The molecule has 0 saturated heterocycles. The van der Waals surface area contributed by atoms with Crippen molar-refractivity contribution in [1.29, 1.82) is 0 Å². The number of sulfonamides is 1. The van der Waals surface area contributed by atoms with Crippen LogP contribution >= 0.6 is 11.6 Å². The SMILES string of the molecule is CC[C@@H](C)NC(=O)[C@@H](CC)N(Cc1ccccc1C)C(=O)CN(c1ccc(Cl)c(C(F)(F)F)c1)S(C)(=O)=O. The van der Waals surface area contributed by atoms with Gasteiger partial charge in [0.2, 0.25) is 21.8 Å². The number of amides is 2. The third-order valence-electron chi connectivity index (χ3n) is 6.21. The van der Waals surface area contributed by atoms with Gasteiger partial charge >= 0.3 is 6.18 Å². The fraction of sp³-hybridized carbons (Fsp3) is 0.462. The molecule has 210 valence electrons. The van der Waals surface area contributed by atoms with E-state index in [0.717, 1.165) is 29.5 Å². The number of hydrogen-bond acceptors (Lipinski definition) is 4. The summed E-state index contributed by atoms with van der Waals surface area (Å²) in [4.78, 5) is 28.1. The zero-order valence-electron chi connectivity index (χ0n) is 22.0. The van der Waals surface area contributed by atoms with Crippen LogP contribution in [0.1, 0.15) is 50.3 Å². The Labute approximate surface area is 227 Å². The summed E-state index contributed by atoms with van der Waals surface area (Å²) in [5.41, 5.74) is 0.00166. The summed E-state index contributed by atoms with van der Waals surface area (Å²) >= 11 is 5.70. The number of carbonyl (C=O) groups is 2. The molecule has 0 unspecified atom stereocenters. The van der Waals surface area contributed by atoms with E-state index in [1.165, 1.54) is 4.90 Å². The maximum absolute atomic E-state index is 13.7. The first-order valence-electron chi connectivity index (χ1n) is 12.1. The summed E-state index contributed by atoms with van der Waals surface area (Å²) in [6.45, 7) is 6.48. The maximum atomic E-state index is 13.7. The van der Waals surface area contributed by atoms with E-state index in [1.54, 1.807) is 19.1 Å². The molecule has 0 aliphatic heterocycles. The molecule has 1 N–H and O–H groups in total. The highest BCUT2D eigenvalue weighted by Gasteiger charge is 2.36. The van der Waals surface area contributed by atoms with Gasteiger partial charge in [-0.1, -0.05) is 49.7 Å². The maximum Gasteiger partial charge on any atom is 0.417 e. The third-order valence-corrected chi connectivity index (χ3v) is 7.68. The quantitative estimate of drug-likeness (QED) is 0.401. The Bertz CT molecular complexity index is 1250. The molecule has 12 heteroatoms. The van der Waals surface area contributed by atoms with Crippen LogP contribution in [0.15, 0.2) is 42.5 Å². The lowest BCUT2D eigenvalue weighted by atomic mass is 10.1. The smallest absolute Gasteiger partial charge is 0.352 e. The van der Waals surface area contributed by atoms with Gasteiger partial charge in [-0.05, 0) is 56.0 Å². The summed E-state index contributed by atoms with van der Waals surface area (Å²) in [7, 11) is -4.20. The number of rotatable bonds is 11. The molecule has 2 aromatic rings. The van der Waals surface area contributed by atoms with Crippen LogP contribution < -0.4 is 9.62 Å². The number of nitrogens with one attached hydrogen (secondary N) is 1. The standard InChI is InChI=1S/C26H33ClF3N3O4S/c1-6-18(4)31-25(35)23(7-2)32(15-19-11-9-8-10-17(19)3)24(34)16-33(38(5,36)37)20-12-13-22(27)21(14-20)26(28,29)30/h8-14,18,23H,6-7,15-16H2,1-5H3,(H,31,35)/t18-,23-/m1/s1. The second-order valence-corrected chi connectivity index (χ2v) is 11.4. The van der Waals surface area contributed by atoms with Crippen molar-refractivity contribution < 1.29 is 31.2 Å². The molecular weight excluding hydrogens is 543 g/mol. The van der Waals surface area contributed by atoms with Crippen molar-refractivity contribution in [3.8, 4) is 0 Å². The van der Waals surface area contributed by atoms with Gasteiger partial charge in [-0.3, -0.25) is 13.9 Å². The summed E-state index contributed by atoms with van der Waals surface area (Å²) in [6.07, 6.45) is -3.15. The lowest BCUT2D eigenvalue weighted by Gasteiger charge is -2.33. The van der Waals surface area contributed by atoms with E-state index < -0.39 is 51.2 Å². The number of benzene rings is 2. The van der Waals surface area contributed by atoms with Gasteiger partial charge in [0.15, 0.2) is 0 Å². The van der Waals surface area contributed by atoms with Crippen molar-refractivity contribution in [3.05, 3.63) is 64.2 Å². The molecule has 0 bridgehead atoms. The van der Waals surface area contributed by atoms with Crippen LogP contribution in [0.4, 0.5) is 18.9 Å². The Morgan fingerprint density at radius 1 is 1.08 bits per heavy atom. The number of hydrogen-bond donors (Lipinski definition) is 1. The van der Waals surface area contributed by atoms with Crippen molar-refractivity contribution in [2.75, 3.05) is 17.1 Å². The number of carbonyl (C=O) groups excluding carboxylic acids is 2. The Balaban J connectivity index is 2.54. The highest BCUT2D eigenvalue weighted by atomic mass is 35.5. The first-order chi connectivity index (χ1) is 17.6. The van der Waals surface area contributed by atoms with Crippen molar-refractivity contribution in [2.24, 2.45) is 0 Å². The molecule has 0 spiro atoms. The lowest BCUT2D eigenvalue weighted by molar-refractivity contribution is -0.140. The van der Waals surface area contributed by atoms with Crippen LogP contribution in [0.3, 0.4) is 0 Å². The molecule has 38 heavy (non-hydrogen) atoms. The Kier molecular flexibility index (Phi) is 10.6.